The van der Waals surface area contributed by atoms with E-state index in [1.165, 1.54) is 25.7 Å². The van der Waals surface area contributed by atoms with E-state index in [1.54, 1.807) is 41.5 Å². The molecule has 0 unspecified atom stereocenters. The van der Waals surface area contributed by atoms with Crippen LogP contribution in [0.5, 0.6) is 0 Å². The van der Waals surface area contributed by atoms with E-state index in [9.17, 15) is 0 Å². The molecule has 20 heavy (non-hydrogen) atoms. The summed E-state index contributed by atoms with van der Waals surface area (Å²) >= 11 is 0. The molecule has 0 aliphatic carbocycles. The smallest absolute Gasteiger partial charge is 0.0483 e. The van der Waals surface area contributed by atoms with Crippen LogP contribution in [0, 0.1) is 0 Å². The first-order valence-corrected chi connectivity index (χ1v) is 7.15. The molecule has 0 rings (SSSR count). The third-order valence-electron chi connectivity index (χ3n) is 0.957. The summed E-state index contributed by atoms with van der Waals surface area (Å²) in [4.78, 5) is 0. The Morgan fingerprint density at radius 1 is 0.600 bits per heavy atom. The van der Waals surface area contributed by atoms with Gasteiger partial charge < -0.3 is 15.3 Å². The summed E-state index contributed by atoms with van der Waals surface area (Å²) in [6.45, 7) is 14.8. The van der Waals surface area contributed by atoms with Gasteiger partial charge in [0, 0.05) is 40.0 Å². The molecule has 0 aromatic rings. The predicted molar refractivity (Wildman–Crippen MR) is 89.1 cm³/mol. The first-order chi connectivity index (χ1) is 8.11. The maximum absolute atomic E-state index is 8.06. The fourth-order valence-corrected chi connectivity index (χ4v) is 0.500. The van der Waals surface area contributed by atoms with Crippen molar-refractivity contribution in [2.24, 2.45) is 0 Å². The van der Waals surface area contributed by atoms with E-state index in [2.05, 4.69) is 13.8 Å². The van der Waals surface area contributed by atoms with E-state index in [0.717, 1.165) is 0 Å². The van der Waals surface area contributed by atoms with Gasteiger partial charge in [-0.2, -0.15) is 0 Å². The SMILES string of the molecule is CC(C)O.CC(C)O.CC(C)O.CCCCCC.Cl.[Ti]. The first kappa shape index (κ1) is 37.3. The third-order valence-corrected chi connectivity index (χ3v) is 0.957. The second-order valence-corrected chi connectivity index (χ2v) is 4.99. The van der Waals surface area contributed by atoms with Crippen LogP contribution in [0.1, 0.15) is 81.1 Å². The van der Waals surface area contributed by atoms with Crippen molar-refractivity contribution in [1.82, 2.24) is 0 Å². The van der Waals surface area contributed by atoms with Gasteiger partial charge in [-0.25, -0.2) is 0 Å². The van der Waals surface area contributed by atoms with Gasteiger partial charge in [0.05, 0.1) is 0 Å². The molecule has 0 aromatic heterocycles. The molecular formula is C15H39ClO3Ti. The molecular weight excluding hydrogens is 311 g/mol. The van der Waals surface area contributed by atoms with Crippen LogP contribution in [0.4, 0.5) is 0 Å². The topological polar surface area (TPSA) is 60.7 Å². The first-order valence-electron chi connectivity index (χ1n) is 7.15. The Balaban J connectivity index is -0.0000000322. The molecule has 0 radical (unpaired) electrons. The summed E-state index contributed by atoms with van der Waals surface area (Å²) in [5, 5.41) is 24.2. The molecule has 0 aliphatic rings. The van der Waals surface area contributed by atoms with Crippen LogP contribution in [0.3, 0.4) is 0 Å². The van der Waals surface area contributed by atoms with Crippen molar-refractivity contribution in [3.05, 3.63) is 0 Å². The molecule has 0 saturated heterocycles. The van der Waals surface area contributed by atoms with Gasteiger partial charge in [-0.1, -0.05) is 39.5 Å². The summed E-state index contributed by atoms with van der Waals surface area (Å²) in [6.07, 6.45) is 5.04. The number of rotatable bonds is 3. The Hall–Kier alpha value is 0.884. The van der Waals surface area contributed by atoms with E-state index < -0.39 is 0 Å². The van der Waals surface area contributed by atoms with Crippen LogP contribution in [0.2, 0.25) is 0 Å². The Labute approximate surface area is 148 Å². The van der Waals surface area contributed by atoms with Crippen LogP contribution < -0.4 is 0 Å². The molecule has 3 N–H and O–H groups in total. The Kier molecular flexibility index (Phi) is 68.6. The van der Waals surface area contributed by atoms with Gasteiger partial charge in [0.1, 0.15) is 0 Å². The van der Waals surface area contributed by atoms with Gasteiger partial charge in [-0.3, -0.25) is 0 Å². The number of unbranched alkanes of at least 4 members (excludes halogenated alkanes) is 3. The zero-order chi connectivity index (χ0) is 15.6. The Bertz CT molecular complexity index is 86.8. The predicted octanol–water partition coefficient (Wildman–Crippen LogP) is 4.17. The van der Waals surface area contributed by atoms with Crippen LogP contribution >= 0.6 is 12.4 Å². The molecule has 5 heteroatoms. The van der Waals surface area contributed by atoms with Crippen LogP contribution in [-0.2, 0) is 21.7 Å². The van der Waals surface area contributed by atoms with Crippen LogP contribution in [-0.4, -0.2) is 33.6 Å². The molecule has 0 aromatic carbocycles. The van der Waals surface area contributed by atoms with Gasteiger partial charge in [0.2, 0.25) is 0 Å². The Morgan fingerprint density at radius 3 is 0.750 bits per heavy atom. The molecule has 0 saturated carbocycles. The zero-order valence-electron chi connectivity index (χ0n) is 14.8. The molecule has 3 nitrogen and oxygen atoms in total. The van der Waals surface area contributed by atoms with Crippen LogP contribution in [0.25, 0.3) is 0 Å². The molecule has 0 fully saturated rings. The maximum Gasteiger partial charge on any atom is 0.0483 e. The summed E-state index contributed by atoms with van der Waals surface area (Å²) < 4.78 is 0. The van der Waals surface area contributed by atoms with E-state index in [4.69, 9.17) is 15.3 Å². The molecule has 0 amide bonds. The van der Waals surface area contributed by atoms with E-state index in [-0.39, 0.29) is 52.4 Å². The third kappa shape index (κ3) is 400. The van der Waals surface area contributed by atoms with Gasteiger partial charge in [-0.15, -0.1) is 12.4 Å². The average molecular weight is 351 g/mol. The van der Waals surface area contributed by atoms with Crippen LogP contribution in [0.15, 0.2) is 0 Å². The molecule has 0 aliphatic heterocycles. The number of aliphatic hydroxyl groups is 3. The van der Waals surface area contributed by atoms with Crippen molar-refractivity contribution >= 4 is 12.4 Å². The average Bonchev–Trinajstić information content (AvgIpc) is 2.11. The van der Waals surface area contributed by atoms with E-state index in [0.29, 0.717) is 0 Å². The van der Waals surface area contributed by atoms with Crippen molar-refractivity contribution in [2.45, 2.75) is 99.4 Å². The van der Waals surface area contributed by atoms with Gasteiger partial charge in [0.25, 0.3) is 0 Å². The number of aliphatic hydroxyl groups excluding tert-OH is 3. The van der Waals surface area contributed by atoms with Gasteiger partial charge in [-0.05, 0) is 41.5 Å². The largest absolute Gasteiger partial charge is 0.394 e. The molecule has 0 heterocycles. The molecule has 0 bridgehead atoms. The van der Waals surface area contributed by atoms with Crippen molar-refractivity contribution in [2.75, 3.05) is 0 Å². The monoisotopic (exact) mass is 350 g/mol. The standard InChI is InChI=1S/C6H14.3C3H8O.ClH.Ti/c1-3-5-6-4-2;3*1-3(2)4;;/h3-6H2,1-2H3;3*3-4H,1-2H3;1H;. The van der Waals surface area contributed by atoms with E-state index >= 15 is 0 Å². The van der Waals surface area contributed by atoms with Gasteiger partial charge >= 0.3 is 0 Å². The number of hydrogen-bond donors (Lipinski definition) is 3. The van der Waals surface area contributed by atoms with Crippen molar-refractivity contribution < 1.29 is 37.0 Å². The maximum atomic E-state index is 8.06. The number of halogens is 1. The summed E-state index contributed by atoms with van der Waals surface area (Å²) in [5.41, 5.74) is 0. The van der Waals surface area contributed by atoms with Crippen molar-refractivity contribution in [3.8, 4) is 0 Å². The minimum Gasteiger partial charge on any atom is -0.394 e. The molecule has 0 spiro atoms. The summed E-state index contributed by atoms with van der Waals surface area (Å²) in [7, 11) is 0. The fourth-order valence-electron chi connectivity index (χ4n) is 0.500. The minimum atomic E-state index is -0.167. The summed E-state index contributed by atoms with van der Waals surface area (Å²) in [5.74, 6) is 0. The second-order valence-electron chi connectivity index (χ2n) is 4.99. The fraction of sp³-hybridized carbons (Fsp3) is 1.00. The van der Waals surface area contributed by atoms with Gasteiger partial charge in [0.15, 0.2) is 0 Å². The molecule has 0 atom stereocenters. The zero-order valence-corrected chi connectivity index (χ0v) is 17.2. The van der Waals surface area contributed by atoms with Crippen molar-refractivity contribution in [1.29, 1.82) is 0 Å². The van der Waals surface area contributed by atoms with Crippen molar-refractivity contribution in [3.63, 3.8) is 0 Å². The second kappa shape index (κ2) is 36.8. The normalized spacial score (nSPS) is 8.10. The summed E-state index contributed by atoms with van der Waals surface area (Å²) in [6, 6.07) is 0. The molecule has 128 valence electrons. The number of hydrogen-bond acceptors (Lipinski definition) is 3. The minimum absolute atomic E-state index is 0. The quantitative estimate of drug-likeness (QED) is 0.529. The van der Waals surface area contributed by atoms with E-state index in [1.807, 2.05) is 0 Å². The Morgan fingerprint density at radius 2 is 0.700 bits per heavy atom.